The highest BCUT2D eigenvalue weighted by Crippen LogP contribution is 2.59. The molecular formula is C31H16F6N2O6. The number of aromatic hydroxyl groups is 2. The molecule has 4 aromatic carbocycles. The van der Waals surface area contributed by atoms with Gasteiger partial charge in [0.1, 0.15) is 0 Å². The van der Waals surface area contributed by atoms with Crippen molar-refractivity contribution in [1.29, 1.82) is 0 Å². The molecule has 0 bridgehead atoms. The fraction of sp³-hybridized carbons (Fsp3) is 0.0968. The fourth-order valence-electron chi connectivity index (χ4n) is 4.51. The van der Waals surface area contributed by atoms with Crippen LogP contribution in [-0.2, 0) is 5.41 Å². The number of phenolic OH excluding ortho intramolecular Hbond substituents is 2. The Hall–Kier alpha value is -6.02. The van der Waals surface area contributed by atoms with Crippen molar-refractivity contribution in [2.24, 2.45) is 0 Å². The van der Waals surface area contributed by atoms with E-state index in [1.807, 2.05) is 0 Å². The zero-order valence-corrected chi connectivity index (χ0v) is 22.3. The van der Waals surface area contributed by atoms with Gasteiger partial charge in [-0.15, -0.1) is 0 Å². The maximum atomic E-state index is 15.3. The van der Waals surface area contributed by atoms with Crippen LogP contribution in [0.15, 0.2) is 84.9 Å². The van der Waals surface area contributed by atoms with Crippen LogP contribution in [0, 0.1) is 43.9 Å². The predicted molar refractivity (Wildman–Crippen MR) is 147 cm³/mol. The van der Waals surface area contributed by atoms with E-state index < -0.39 is 72.7 Å². The molecule has 4 aromatic rings. The van der Waals surface area contributed by atoms with Crippen LogP contribution in [0.1, 0.15) is 33.4 Å². The zero-order valence-electron chi connectivity index (χ0n) is 22.3. The smallest absolute Gasteiger partial charge is 0.411 e. The molecule has 0 radical (unpaired) electrons. The highest BCUT2D eigenvalue weighted by atomic mass is 19.4. The summed E-state index contributed by atoms with van der Waals surface area (Å²) >= 11 is 0. The molecule has 228 valence electrons. The highest BCUT2D eigenvalue weighted by molar-refractivity contribution is 5.67. The summed E-state index contributed by atoms with van der Waals surface area (Å²) in [5.41, 5.74) is -13.4. The number of nitrogens with zero attached hydrogens (tertiary/aromatic N) is 2. The molecule has 0 spiro atoms. The third kappa shape index (κ3) is 6.07. The molecule has 0 heterocycles. The molecule has 0 fully saturated rings. The van der Waals surface area contributed by atoms with Gasteiger partial charge in [-0.3, -0.25) is 20.2 Å². The summed E-state index contributed by atoms with van der Waals surface area (Å²) in [6, 6.07) is 14.8. The number of benzene rings is 4. The first-order chi connectivity index (χ1) is 21.1. The Kier molecular flexibility index (Phi) is 8.46. The molecular weight excluding hydrogens is 610 g/mol. The van der Waals surface area contributed by atoms with Gasteiger partial charge in [-0.25, -0.2) is 0 Å². The number of hydrogen-bond donors (Lipinski definition) is 2. The number of alkyl halides is 6. The van der Waals surface area contributed by atoms with E-state index in [1.165, 1.54) is 48.5 Å². The maximum absolute atomic E-state index is 15.3. The molecule has 45 heavy (non-hydrogen) atoms. The lowest BCUT2D eigenvalue weighted by atomic mass is 9.69. The summed E-state index contributed by atoms with van der Waals surface area (Å²) in [6.07, 6.45) is -12.7. The Morgan fingerprint density at radius 2 is 0.889 bits per heavy atom. The average Bonchev–Trinajstić information content (AvgIpc) is 2.96. The van der Waals surface area contributed by atoms with E-state index in [0.717, 1.165) is 0 Å². The van der Waals surface area contributed by atoms with Crippen molar-refractivity contribution in [3.8, 4) is 35.2 Å². The van der Waals surface area contributed by atoms with E-state index >= 15 is 26.3 Å². The van der Waals surface area contributed by atoms with Crippen molar-refractivity contribution >= 4 is 11.4 Å². The molecule has 0 aliphatic heterocycles. The topological polar surface area (TPSA) is 127 Å². The average molecular weight is 626 g/mol. The van der Waals surface area contributed by atoms with Gasteiger partial charge in [0.25, 0.3) is 0 Å². The second kappa shape index (κ2) is 11.9. The minimum atomic E-state index is -6.37. The summed E-state index contributed by atoms with van der Waals surface area (Å²) in [4.78, 5) is 20.6. The molecule has 0 unspecified atom stereocenters. The van der Waals surface area contributed by atoms with Gasteiger partial charge < -0.3 is 10.2 Å². The second-order valence-electron chi connectivity index (χ2n) is 9.26. The minimum Gasteiger partial charge on any atom is -0.502 e. The molecule has 0 aliphatic carbocycles. The predicted octanol–water partition coefficient (Wildman–Crippen LogP) is 7.12. The van der Waals surface area contributed by atoms with Crippen molar-refractivity contribution in [3.63, 3.8) is 0 Å². The molecule has 0 aromatic heterocycles. The number of halogens is 6. The lowest BCUT2D eigenvalue weighted by Gasteiger charge is -2.39. The van der Waals surface area contributed by atoms with Gasteiger partial charge >= 0.3 is 23.7 Å². The van der Waals surface area contributed by atoms with E-state index in [0.29, 0.717) is 0 Å². The Labute approximate surface area is 249 Å². The largest absolute Gasteiger partial charge is 0.502 e. The molecule has 8 nitrogen and oxygen atoms in total. The van der Waals surface area contributed by atoms with E-state index in [-0.39, 0.29) is 35.4 Å². The Balaban J connectivity index is 2.23. The van der Waals surface area contributed by atoms with Gasteiger partial charge in [-0.2, -0.15) is 26.3 Å². The van der Waals surface area contributed by atoms with Crippen LogP contribution in [0.3, 0.4) is 0 Å². The highest BCUT2D eigenvalue weighted by Gasteiger charge is 2.74. The molecule has 0 saturated carbocycles. The number of nitro benzene ring substituents is 2. The first kappa shape index (κ1) is 31.9. The Bertz CT molecular complexity index is 1780. The quantitative estimate of drug-likeness (QED) is 0.108. The van der Waals surface area contributed by atoms with Gasteiger partial charge in [0.05, 0.1) is 9.85 Å². The maximum Gasteiger partial charge on any atom is 0.411 e. The van der Waals surface area contributed by atoms with Crippen LogP contribution >= 0.6 is 0 Å². The monoisotopic (exact) mass is 626 g/mol. The zero-order chi connectivity index (χ0) is 33.2. The lowest BCUT2D eigenvalue weighted by molar-refractivity contribution is -0.386. The second-order valence-corrected chi connectivity index (χ2v) is 9.26. The van der Waals surface area contributed by atoms with Crippen molar-refractivity contribution in [2.45, 2.75) is 17.8 Å². The van der Waals surface area contributed by atoms with Crippen LogP contribution in [-0.4, -0.2) is 32.4 Å². The summed E-state index contributed by atoms with van der Waals surface area (Å²) in [7, 11) is 0. The summed E-state index contributed by atoms with van der Waals surface area (Å²) in [5, 5.41) is 43.7. The van der Waals surface area contributed by atoms with Gasteiger partial charge in [0, 0.05) is 45.5 Å². The molecule has 14 heteroatoms. The van der Waals surface area contributed by atoms with E-state index in [2.05, 4.69) is 23.7 Å². The first-order valence-electron chi connectivity index (χ1n) is 12.4. The number of nitro groups is 2. The summed E-state index contributed by atoms with van der Waals surface area (Å²) in [5.74, 6) is 5.84. The molecule has 0 aliphatic rings. The van der Waals surface area contributed by atoms with Gasteiger partial charge in [-0.1, -0.05) is 60.1 Å². The Morgan fingerprint density at radius 1 is 0.556 bits per heavy atom. The van der Waals surface area contributed by atoms with Crippen LogP contribution in [0.4, 0.5) is 37.7 Å². The van der Waals surface area contributed by atoms with E-state index in [1.54, 1.807) is 12.1 Å². The van der Waals surface area contributed by atoms with E-state index in [9.17, 15) is 30.4 Å². The van der Waals surface area contributed by atoms with Crippen LogP contribution in [0.5, 0.6) is 11.5 Å². The number of hydrogen-bond acceptors (Lipinski definition) is 6. The first-order valence-corrected chi connectivity index (χ1v) is 12.4. The van der Waals surface area contributed by atoms with Crippen molar-refractivity contribution in [1.82, 2.24) is 0 Å². The van der Waals surface area contributed by atoms with E-state index in [4.69, 9.17) is 0 Å². The van der Waals surface area contributed by atoms with Crippen molar-refractivity contribution < 1.29 is 46.4 Å². The summed E-state index contributed by atoms with van der Waals surface area (Å²) in [6.45, 7) is 0. The molecule has 0 saturated heterocycles. The third-order valence-electron chi connectivity index (χ3n) is 6.51. The van der Waals surface area contributed by atoms with Crippen LogP contribution < -0.4 is 0 Å². The SMILES string of the molecule is O=[N+]([O-])c1cc(C#Cc2ccccc2)c(C(c2cc(O)c([N+](=O)[O-])cc2C#Cc2ccccc2)(C(F)(F)F)C(F)(F)F)cc1O. The molecule has 0 amide bonds. The third-order valence-corrected chi connectivity index (χ3v) is 6.51. The minimum absolute atomic E-state index is 0.0824. The fourth-order valence-corrected chi connectivity index (χ4v) is 4.51. The summed E-state index contributed by atoms with van der Waals surface area (Å²) < 4.78 is 91.6. The van der Waals surface area contributed by atoms with Gasteiger partial charge in [0.15, 0.2) is 11.5 Å². The lowest BCUT2D eigenvalue weighted by Crippen LogP contribution is -2.55. The normalized spacial score (nSPS) is 11.5. The van der Waals surface area contributed by atoms with Crippen LogP contribution in [0.25, 0.3) is 0 Å². The standard InChI is InChI=1S/C31H16F6N2O6/c32-30(33,34)29(31(35,36)37,23-17-27(40)25(38(42)43)15-21(23)13-11-19-7-3-1-4-8-19)24-18-28(41)26(39(44)45)16-22(24)14-12-20-9-5-2-6-10-20/h1-10,15-18,40-41H. The van der Waals surface area contributed by atoms with Crippen molar-refractivity contribution in [2.75, 3.05) is 0 Å². The molecule has 0 atom stereocenters. The molecule has 2 N–H and O–H groups in total. The van der Waals surface area contributed by atoms with Crippen molar-refractivity contribution in [3.05, 3.63) is 139 Å². The Morgan fingerprint density at radius 3 is 1.18 bits per heavy atom. The van der Waals surface area contributed by atoms with Gasteiger partial charge in [0.2, 0.25) is 5.41 Å². The number of rotatable bonds is 4. The van der Waals surface area contributed by atoms with Crippen LogP contribution in [0.2, 0.25) is 0 Å². The van der Waals surface area contributed by atoms with Gasteiger partial charge in [-0.05, 0) is 36.4 Å². The molecule has 4 rings (SSSR count). The number of phenols is 2.